The molecule has 0 saturated heterocycles. The molecular weight excluding hydrogens is 234 g/mol. The van der Waals surface area contributed by atoms with Crippen molar-refractivity contribution in [3.8, 4) is 5.88 Å². The van der Waals surface area contributed by atoms with Crippen LogP contribution in [0.25, 0.3) is 0 Å². The Morgan fingerprint density at radius 2 is 2.17 bits per heavy atom. The Bertz CT molecular complexity index is 649. The highest BCUT2D eigenvalue weighted by Crippen LogP contribution is 2.09. The van der Waals surface area contributed by atoms with Gasteiger partial charge >= 0.3 is 0 Å². The van der Waals surface area contributed by atoms with Crippen LogP contribution < -0.4 is 10.9 Å². The summed E-state index contributed by atoms with van der Waals surface area (Å²) >= 11 is 0. The lowest BCUT2D eigenvalue weighted by atomic mass is 10.2. The van der Waals surface area contributed by atoms with Gasteiger partial charge in [0.15, 0.2) is 5.88 Å². The molecule has 0 fully saturated rings. The van der Waals surface area contributed by atoms with Crippen LogP contribution in [-0.4, -0.2) is 21.0 Å². The van der Waals surface area contributed by atoms with Crippen LogP contribution in [0.5, 0.6) is 5.88 Å². The van der Waals surface area contributed by atoms with Gasteiger partial charge in [0.05, 0.1) is 5.56 Å². The fourth-order valence-electron chi connectivity index (χ4n) is 1.45. The maximum absolute atomic E-state index is 11.8. The van der Waals surface area contributed by atoms with E-state index in [2.05, 4.69) is 15.3 Å². The lowest BCUT2D eigenvalue weighted by Crippen LogP contribution is -2.16. The number of aryl methyl sites for hydroxylation is 1. The molecule has 2 aromatic rings. The van der Waals surface area contributed by atoms with E-state index in [1.807, 2.05) is 6.92 Å². The molecule has 2 heterocycles. The zero-order chi connectivity index (χ0) is 13.1. The number of aromatic hydroxyl groups is 1. The van der Waals surface area contributed by atoms with Crippen molar-refractivity contribution in [1.82, 2.24) is 9.97 Å². The van der Waals surface area contributed by atoms with E-state index in [4.69, 9.17) is 0 Å². The molecule has 92 valence electrons. The molecular formula is C12H11N3O3. The minimum Gasteiger partial charge on any atom is -0.494 e. The van der Waals surface area contributed by atoms with Crippen LogP contribution >= 0.6 is 0 Å². The number of anilines is 1. The second kappa shape index (κ2) is 4.70. The van der Waals surface area contributed by atoms with Crippen LogP contribution in [0.1, 0.15) is 15.9 Å². The molecule has 0 aliphatic carbocycles. The molecule has 0 spiro atoms. The van der Waals surface area contributed by atoms with Gasteiger partial charge in [-0.1, -0.05) is 0 Å². The van der Waals surface area contributed by atoms with Crippen molar-refractivity contribution in [3.63, 3.8) is 0 Å². The number of aromatic nitrogens is 2. The molecule has 0 aliphatic rings. The van der Waals surface area contributed by atoms with Gasteiger partial charge in [0.2, 0.25) is 0 Å². The first-order chi connectivity index (χ1) is 8.54. The van der Waals surface area contributed by atoms with E-state index in [0.29, 0.717) is 5.82 Å². The van der Waals surface area contributed by atoms with Gasteiger partial charge in [-0.25, -0.2) is 4.98 Å². The Morgan fingerprint density at radius 3 is 2.83 bits per heavy atom. The third-order valence-corrected chi connectivity index (χ3v) is 2.25. The van der Waals surface area contributed by atoms with Gasteiger partial charge < -0.3 is 10.4 Å². The number of hydrogen-bond donors (Lipinski definition) is 3. The highest BCUT2D eigenvalue weighted by Gasteiger charge is 2.09. The van der Waals surface area contributed by atoms with E-state index in [9.17, 15) is 14.7 Å². The Morgan fingerprint density at radius 1 is 1.39 bits per heavy atom. The van der Waals surface area contributed by atoms with Crippen molar-refractivity contribution in [3.05, 3.63) is 51.9 Å². The zero-order valence-corrected chi connectivity index (χ0v) is 9.60. The van der Waals surface area contributed by atoms with Crippen LogP contribution in [0, 0.1) is 6.92 Å². The van der Waals surface area contributed by atoms with Gasteiger partial charge in [-0.05, 0) is 24.6 Å². The average molecular weight is 245 g/mol. The van der Waals surface area contributed by atoms with E-state index in [0.717, 1.165) is 11.6 Å². The summed E-state index contributed by atoms with van der Waals surface area (Å²) in [5.74, 6) is -0.473. The Hall–Kier alpha value is -2.63. The number of pyridine rings is 2. The smallest absolute Gasteiger partial charge is 0.257 e. The summed E-state index contributed by atoms with van der Waals surface area (Å²) in [6.07, 6.45) is 1.57. The van der Waals surface area contributed by atoms with Crippen LogP contribution in [-0.2, 0) is 0 Å². The standard InChI is InChI=1S/C12H11N3O3/c1-7-2-3-13-9(4-7)14-12(18)8-5-10(16)15-11(17)6-8/h2-6H,1H3,(H,13,14,18)(H2,15,16,17). The van der Waals surface area contributed by atoms with E-state index in [1.165, 1.54) is 6.07 Å². The molecule has 0 radical (unpaired) electrons. The minimum atomic E-state index is -0.544. The van der Waals surface area contributed by atoms with E-state index in [-0.39, 0.29) is 11.4 Å². The largest absolute Gasteiger partial charge is 0.494 e. The van der Waals surface area contributed by atoms with Crippen LogP contribution in [0.2, 0.25) is 0 Å². The highest BCUT2D eigenvalue weighted by molar-refractivity contribution is 6.03. The molecule has 6 heteroatoms. The van der Waals surface area contributed by atoms with Crippen molar-refractivity contribution in [2.75, 3.05) is 5.32 Å². The molecule has 2 rings (SSSR count). The number of carbonyl (C=O) groups is 1. The number of aromatic amines is 1. The number of H-pyrrole nitrogens is 1. The second-order valence-corrected chi connectivity index (χ2v) is 3.79. The van der Waals surface area contributed by atoms with E-state index in [1.54, 1.807) is 18.3 Å². The van der Waals surface area contributed by atoms with Gasteiger partial charge in [-0.3, -0.25) is 14.6 Å². The van der Waals surface area contributed by atoms with E-state index < -0.39 is 11.5 Å². The van der Waals surface area contributed by atoms with Gasteiger partial charge in [-0.2, -0.15) is 0 Å². The summed E-state index contributed by atoms with van der Waals surface area (Å²) in [6, 6.07) is 5.77. The maximum atomic E-state index is 11.8. The summed E-state index contributed by atoms with van der Waals surface area (Å²) in [6.45, 7) is 1.87. The third-order valence-electron chi connectivity index (χ3n) is 2.25. The zero-order valence-electron chi connectivity index (χ0n) is 9.60. The van der Waals surface area contributed by atoms with E-state index >= 15 is 0 Å². The van der Waals surface area contributed by atoms with Crippen molar-refractivity contribution >= 4 is 11.7 Å². The third kappa shape index (κ3) is 2.73. The highest BCUT2D eigenvalue weighted by atomic mass is 16.3. The molecule has 0 atom stereocenters. The molecule has 0 bridgehead atoms. The monoisotopic (exact) mass is 245 g/mol. The number of carbonyl (C=O) groups excluding carboxylic acids is 1. The van der Waals surface area contributed by atoms with Crippen LogP contribution in [0.15, 0.2) is 35.3 Å². The predicted molar refractivity (Wildman–Crippen MR) is 65.7 cm³/mol. The average Bonchev–Trinajstić information content (AvgIpc) is 2.27. The summed E-state index contributed by atoms with van der Waals surface area (Å²) < 4.78 is 0. The number of hydrogen-bond acceptors (Lipinski definition) is 4. The SMILES string of the molecule is Cc1ccnc(NC(=O)c2cc(O)[nH]c(=O)c2)c1. The molecule has 3 N–H and O–H groups in total. The van der Waals surface area contributed by atoms with Crippen LogP contribution in [0.3, 0.4) is 0 Å². The number of rotatable bonds is 2. The van der Waals surface area contributed by atoms with Gasteiger partial charge in [-0.15, -0.1) is 0 Å². The number of nitrogens with zero attached hydrogens (tertiary/aromatic N) is 1. The first-order valence-electron chi connectivity index (χ1n) is 5.22. The summed E-state index contributed by atoms with van der Waals surface area (Å²) in [4.78, 5) is 29.0. The Balaban J connectivity index is 2.24. The van der Waals surface area contributed by atoms with Gasteiger partial charge in [0, 0.05) is 18.3 Å². The number of nitrogens with one attached hydrogen (secondary N) is 2. The quantitative estimate of drug-likeness (QED) is 0.736. The Labute approximate surface area is 102 Å². The minimum absolute atomic E-state index is 0.0690. The first kappa shape index (κ1) is 11.8. The first-order valence-corrected chi connectivity index (χ1v) is 5.22. The fraction of sp³-hybridized carbons (Fsp3) is 0.0833. The molecule has 0 aliphatic heterocycles. The van der Waals surface area contributed by atoms with Crippen molar-refractivity contribution in [2.45, 2.75) is 6.92 Å². The fourth-order valence-corrected chi connectivity index (χ4v) is 1.45. The molecule has 0 unspecified atom stereocenters. The predicted octanol–water partition coefficient (Wildman–Crippen LogP) is 1.04. The lowest BCUT2D eigenvalue weighted by molar-refractivity contribution is 0.102. The summed E-state index contributed by atoms with van der Waals surface area (Å²) in [5, 5.41) is 11.7. The normalized spacial score (nSPS) is 10.1. The molecule has 0 saturated carbocycles. The van der Waals surface area contributed by atoms with Crippen molar-refractivity contribution < 1.29 is 9.90 Å². The summed E-state index contributed by atoms with van der Waals surface area (Å²) in [5.41, 5.74) is 0.478. The summed E-state index contributed by atoms with van der Waals surface area (Å²) in [7, 11) is 0. The molecule has 0 aromatic carbocycles. The molecule has 18 heavy (non-hydrogen) atoms. The van der Waals surface area contributed by atoms with Crippen LogP contribution in [0.4, 0.5) is 5.82 Å². The molecule has 2 aromatic heterocycles. The Kier molecular flexibility index (Phi) is 3.09. The van der Waals surface area contributed by atoms with Crippen molar-refractivity contribution in [1.29, 1.82) is 0 Å². The lowest BCUT2D eigenvalue weighted by Gasteiger charge is -2.04. The van der Waals surface area contributed by atoms with Gasteiger partial charge in [0.1, 0.15) is 5.82 Å². The topological polar surface area (TPSA) is 95.1 Å². The maximum Gasteiger partial charge on any atom is 0.257 e. The van der Waals surface area contributed by atoms with Gasteiger partial charge in [0.25, 0.3) is 11.5 Å². The number of amides is 1. The molecule has 6 nitrogen and oxygen atoms in total. The molecule has 1 amide bonds. The second-order valence-electron chi connectivity index (χ2n) is 3.79. The van der Waals surface area contributed by atoms with Crippen molar-refractivity contribution in [2.24, 2.45) is 0 Å².